The average Bonchev–Trinajstić information content (AvgIpc) is 2.91. The molecule has 0 radical (unpaired) electrons. The summed E-state index contributed by atoms with van der Waals surface area (Å²) in [5.74, 6) is 0.942. The predicted octanol–water partition coefficient (Wildman–Crippen LogP) is 4.73. The summed E-state index contributed by atoms with van der Waals surface area (Å²) in [6.07, 6.45) is 13.9. The highest BCUT2D eigenvalue weighted by atomic mass is 16.6. The van der Waals surface area contributed by atoms with Crippen LogP contribution in [0.1, 0.15) is 115 Å². The minimum absolute atomic E-state index is 0.0199. The number of nitrogens with one attached hydrogen (secondary N) is 2. The second kappa shape index (κ2) is 16.7. The fourth-order valence-corrected chi connectivity index (χ4v) is 5.07. The van der Waals surface area contributed by atoms with Gasteiger partial charge in [-0.3, -0.25) is 14.4 Å². The number of nitrogens with zero attached hydrogens (tertiary/aromatic N) is 1. The molecule has 2 atom stereocenters. The highest BCUT2D eigenvalue weighted by molar-refractivity contribution is 5.94. The van der Waals surface area contributed by atoms with Gasteiger partial charge in [-0.15, -0.1) is 6.42 Å². The fraction of sp³-hybridized carbons (Fsp3) is 0.625. The summed E-state index contributed by atoms with van der Waals surface area (Å²) in [5.41, 5.74) is 5.92. The van der Waals surface area contributed by atoms with Crippen molar-refractivity contribution >= 4 is 23.8 Å². The number of amides is 4. The van der Waals surface area contributed by atoms with Gasteiger partial charge in [0.05, 0.1) is 6.42 Å². The first-order chi connectivity index (χ1) is 19.4. The van der Waals surface area contributed by atoms with E-state index >= 15 is 0 Å². The monoisotopic (exact) mass is 568 g/mol. The number of unbranched alkanes of at least 4 members (excludes halogenated alkanes) is 4. The van der Waals surface area contributed by atoms with Crippen molar-refractivity contribution in [2.24, 2.45) is 5.73 Å². The molecule has 0 heterocycles. The first-order valence-electron chi connectivity index (χ1n) is 14.9. The quantitative estimate of drug-likeness (QED) is 0.221. The van der Waals surface area contributed by atoms with Crippen LogP contribution >= 0.6 is 0 Å². The van der Waals surface area contributed by atoms with Gasteiger partial charge in [0.15, 0.2) is 0 Å². The molecule has 0 aromatic heterocycles. The highest BCUT2D eigenvalue weighted by Gasteiger charge is 2.37. The summed E-state index contributed by atoms with van der Waals surface area (Å²) >= 11 is 0. The molecule has 1 aromatic rings. The van der Waals surface area contributed by atoms with Crippen molar-refractivity contribution in [3.8, 4) is 12.3 Å². The normalized spacial score (nSPS) is 15.2. The third-order valence-electron chi connectivity index (χ3n) is 7.08. The Labute approximate surface area is 245 Å². The number of carbonyl (C=O) groups excluding carboxylic acids is 4. The summed E-state index contributed by atoms with van der Waals surface area (Å²) in [4.78, 5) is 54.3. The van der Waals surface area contributed by atoms with Gasteiger partial charge >= 0.3 is 6.09 Å². The van der Waals surface area contributed by atoms with Gasteiger partial charge in [-0.2, -0.15) is 0 Å². The van der Waals surface area contributed by atoms with E-state index in [1.165, 1.54) is 4.90 Å². The third kappa shape index (κ3) is 11.8. The van der Waals surface area contributed by atoms with Gasteiger partial charge in [0, 0.05) is 18.2 Å². The number of alkyl carbamates (subject to hydrolysis) is 1. The van der Waals surface area contributed by atoms with Crippen LogP contribution in [-0.2, 0) is 19.1 Å². The van der Waals surface area contributed by atoms with Crippen LogP contribution in [0.25, 0.3) is 0 Å². The molecule has 1 saturated carbocycles. The molecule has 2 unspecified atom stereocenters. The molecule has 9 nitrogen and oxygen atoms in total. The number of benzene rings is 1. The Kier molecular flexibility index (Phi) is 13.7. The predicted molar refractivity (Wildman–Crippen MR) is 160 cm³/mol. The van der Waals surface area contributed by atoms with E-state index in [0.29, 0.717) is 17.5 Å². The van der Waals surface area contributed by atoms with Crippen LogP contribution in [0.15, 0.2) is 24.3 Å². The molecule has 0 saturated heterocycles. The lowest BCUT2D eigenvalue weighted by atomic mass is 9.94. The van der Waals surface area contributed by atoms with Gasteiger partial charge < -0.3 is 26.0 Å². The van der Waals surface area contributed by atoms with Crippen molar-refractivity contribution in [2.75, 3.05) is 6.54 Å². The van der Waals surface area contributed by atoms with Gasteiger partial charge in [0.2, 0.25) is 17.7 Å². The number of rotatable bonds is 14. The Morgan fingerprint density at radius 3 is 2.24 bits per heavy atom. The first kappa shape index (κ1) is 33.7. The van der Waals surface area contributed by atoms with Gasteiger partial charge in [-0.25, -0.2) is 4.79 Å². The number of nitrogens with two attached hydrogens (primary N) is 1. The van der Waals surface area contributed by atoms with Crippen LogP contribution in [0, 0.1) is 12.3 Å². The molecule has 1 fully saturated rings. The highest BCUT2D eigenvalue weighted by Crippen LogP contribution is 2.26. The maximum atomic E-state index is 14.2. The van der Waals surface area contributed by atoms with Crippen molar-refractivity contribution in [3.63, 3.8) is 0 Å². The van der Waals surface area contributed by atoms with Gasteiger partial charge in [-0.05, 0) is 57.7 Å². The van der Waals surface area contributed by atoms with Crippen LogP contribution in [0.3, 0.4) is 0 Å². The number of ether oxygens (including phenoxy) is 1. The second-order valence-corrected chi connectivity index (χ2v) is 11.8. The van der Waals surface area contributed by atoms with Crippen molar-refractivity contribution < 1.29 is 23.9 Å². The van der Waals surface area contributed by atoms with Crippen molar-refractivity contribution in [1.82, 2.24) is 15.5 Å². The standard InChI is InChI=1S/C32H48N4O5/c1-6-8-9-10-14-21-36(30(39)26(22-27(33)37)35-31(40)41-32(3,4)5)28(24-19-17-23(7-2)18-20-24)29(38)34-25-15-12-11-13-16-25/h2,17-20,25-26,28H,6,8-16,21-22H2,1,3-5H3,(H2,33,37)(H,34,38)(H,35,40). The van der Waals surface area contributed by atoms with E-state index in [0.717, 1.165) is 57.8 Å². The largest absolute Gasteiger partial charge is 0.444 e. The lowest BCUT2D eigenvalue weighted by molar-refractivity contribution is -0.143. The van der Waals surface area contributed by atoms with Crippen LogP contribution in [0.5, 0.6) is 0 Å². The van der Waals surface area contributed by atoms with Crippen molar-refractivity contribution in [2.45, 2.75) is 122 Å². The molecule has 41 heavy (non-hydrogen) atoms. The topological polar surface area (TPSA) is 131 Å². The molecule has 1 aromatic carbocycles. The van der Waals surface area contributed by atoms with E-state index in [4.69, 9.17) is 16.9 Å². The number of hydrogen-bond donors (Lipinski definition) is 3. The van der Waals surface area contributed by atoms with E-state index in [-0.39, 0.29) is 18.5 Å². The smallest absolute Gasteiger partial charge is 0.408 e. The third-order valence-corrected chi connectivity index (χ3v) is 7.08. The van der Waals surface area contributed by atoms with E-state index in [1.807, 2.05) is 0 Å². The van der Waals surface area contributed by atoms with Crippen LogP contribution in [-0.4, -0.2) is 52.9 Å². The van der Waals surface area contributed by atoms with Gasteiger partial charge in [0.1, 0.15) is 17.7 Å². The SMILES string of the molecule is C#Cc1ccc(C(C(=O)NC2CCCCC2)N(CCCCCCC)C(=O)C(CC(N)=O)NC(=O)OC(C)(C)C)cc1. The Bertz CT molecular complexity index is 1050. The molecular weight excluding hydrogens is 520 g/mol. The molecule has 2 rings (SSSR count). The summed E-state index contributed by atoms with van der Waals surface area (Å²) in [6, 6.07) is 4.71. The van der Waals surface area contributed by atoms with E-state index < -0.39 is 42.0 Å². The summed E-state index contributed by atoms with van der Waals surface area (Å²) in [7, 11) is 0. The Balaban J connectivity index is 2.48. The fourth-order valence-electron chi connectivity index (χ4n) is 5.07. The molecule has 0 aliphatic heterocycles. The molecule has 0 bridgehead atoms. The van der Waals surface area contributed by atoms with Gasteiger partial charge in [0.25, 0.3) is 0 Å². The molecular formula is C32H48N4O5. The number of primary amides is 1. The van der Waals surface area contributed by atoms with Crippen molar-refractivity contribution in [1.29, 1.82) is 0 Å². The average molecular weight is 569 g/mol. The van der Waals surface area contributed by atoms with Crippen LogP contribution in [0.4, 0.5) is 4.79 Å². The summed E-state index contributed by atoms with van der Waals surface area (Å²) in [5, 5.41) is 5.70. The zero-order chi connectivity index (χ0) is 30.4. The van der Waals surface area contributed by atoms with Crippen molar-refractivity contribution in [3.05, 3.63) is 35.4 Å². The number of hydrogen-bond acceptors (Lipinski definition) is 5. The molecule has 0 spiro atoms. The summed E-state index contributed by atoms with van der Waals surface area (Å²) in [6.45, 7) is 7.48. The molecule has 1 aliphatic rings. The maximum absolute atomic E-state index is 14.2. The minimum atomic E-state index is -1.30. The number of terminal acetylenes is 1. The first-order valence-corrected chi connectivity index (χ1v) is 14.9. The minimum Gasteiger partial charge on any atom is -0.444 e. The number of carbonyl (C=O) groups is 4. The second-order valence-electron chi connectivity index (χ2n) is 11.8. The molecule has 1 aliphatic carbocycles. The molecule has 9 heteroatoms. The molecule has 226 valence electrons. The van der Waals surface area contributed by atoms with Crippen LogP contribution < -0.4 is 16.4 Å². The lowest BCUT2D eigenvalue weighted by Gasteiger charge is -2.35. The Morgan fingerprint density at radius 1 is 1.05 bits per heavy atom. The maximum Gasteiger partial charge on any atom is 0.408 e. The molecule has 4 amide bonds. The van der Waals surface area contributed by atoms with E-state index in [2.05, 4.69) is 23.5 Å². The van der Waals surface area contributed by atoms with E-state index in [9.17, 15) is 19.2 Å². The van der Waals surface area contributed by atoms with E-state index in [1.54, 1.807) is 45.0 Å². The Hall–Kier alpha value is -3.54. The van der Waals surface area contributed by atoms with Gasteiger partial charge in [-0.1, -0.05) is 69.9 Å². The zero-order valence-electron chi connectivity index (χ0n) is 25.2. The Morgan fingerprint density at radius 2 is 1.68 bits per heavy atom. The lowest BCUT2D eigenvalue weighted by Crippen LogP contribution is -2.55. The molecule has 4 N–H and O–H groups in total. The zero-order valence-corrected chi connectivity index (χ0v) is 25.2. The summed E-state index contributed by atoms with van der Waals surface area (Å²) < 4.78 is 5.35. The van der Waals surface area contributed by atoms with Crippen LogP contribution in [0.2, 0.25) is 0 Å².